The number of hydrogen-bond acceptors (Lipinski definition) is 6. The SMILES string of the molecule is O=C(CSc1ccc(NC(=O)/C(=C/c2cccc(Cl)c2Cl)NC(=O)c2ccccc2)cc1)Nc1ccc(O)c(C(=O)O)c1. The lowest BCUT2D eigenvalue weighted by atomic mass is 10.1. The van der Waals surface area contributed by atoms with Crippen LogP contribution in [0.25, 0.3) is 6.08 Å². The molecule has 0 radical (unpaired) electrons. The molecule has 0 spiro atoms. The van der Waals surface area contributed by atoms with Gasteiger partial charge in [0.15, 0.2) is 0 Å². The number of hydrogen-bond donors (Lipinski definition) is 5. The maximum Gasteiger partial charge on any atom is 0.339 e. The van der Waals surface area contributed by atoms with Crippen LogP contribution in [0.1, 0.15) is 26.3 Å². The van der Waals surface area contributed by atoms with Gasteiger partial charge in [0.25, 0.3) is 11.8 Å². The van der Waals surface area contributed by atoms with Crippen LogP contribution in [-0.2, 0) is 9.59 Å². The molecule has 9 nitrogen and oxygen atoms in total. The first-order valence-corrected chi connectivity index (χ1v) is 14.3. The van der Waals surface area contributed by atoms with E-state index in [0.29, 0.717) is 21.8 Å². The van der Waals surface area contributed by atoms with Crippen molar-refractivity contribution < 1.29 is 29.4 Å². The largest absolute Gasteiger partial charge is 0.507 e. The van der Waals surface area contributed by atoms with E-state index >= 15 is 0 Å². The average Bonchev–Trinajstić information content (AvgIpc) is 3.00. The Morgan fingerprint density at radius 3 is 2.21 bits per heavy atom. The van der Waals surface area contributed by atoms with Crippen LogP contribution in [0.3, 0.4) is 0 Å². The van der Waals surface area contributed by atoms with E-state index < -0.39 is 23.5 Å². The summed E-state index contributed by atoms with van der Waals surface area (Å²) in [5.41, 5.74) is 1.08. The van der Waals surface area contributed by atoms with Crippen molar-refractivity contribution in [2.24, 2.45) is 0 Å². The molecular weight excluding hydrogens is 613 g/mol. The number of aromatic hydroxyl groups is 1. The number of nitrogens with one attached hydrogen (secondary N) is 3. The quantitative estimate of drug-likeness (QED) is 0.0756. The average molecular weight is 637 g/mol. The lowest BCUT2D eigenvalue weighted by molar-refractivity contribution is -0.114. The summed E-state index contributed by atoms with van der Waals surface area (Å²) in [6, 6.07) is 23.8. The molecule has 0 fully saturated rings. The van der Waals surface area contributed by atoms with Gasteiger partial charge in [-0.1, -0.05) is 53.5 Å². The lowest BCUT2D eigenvalue weighted by Gasteiger charge is -2.12. The summed E-state index contributed by atoms with van der Waals surface area (Å²) in [4.78, 5) is 50.4. The Morgan fingerprint density at radius 1 is 0.814 bits per heavy atom. The fourth-order valence-corrected chi connectivity index (χ4v) is 4.75. The second kappa shape index (κ2) is 14.4. The summed E-state index contributed by atoms with van der Waals surface area (Å²) in [6.07, 6.45) is 1.43. The first-order valence-electron chi connectivity index (χ1n) is 12.5. The number of halogens is 2. The first-order chi connectivity index (χ1) is 20.6. The number of carbonyl (C=O) groups excluding carboxylic acids is 3. The highest BCUT2D eigenvalue weighted by Crippen LogP contribution is 2.28. The van der Waals surface area contributed by atoms with E-state index in [1.807, 2.05) is 0 Å². The van der Waals surface area contributed by atoms with E-state index in [4.69, 9.17) is 28.3 Å². The molecule has 0 saturated carbocycles. The molecule has 4 rings (SSSR count). The zero-order valence-electron chi connectivity index (χ0n) is 22.1. The molecular formula is C31H23Cl2N3O6S. The van der Waals surface area contributed by atoms with Crippen LogP contribution >= 0.6 is 35.0 Å². The number of thioether (sulfide) groups is 1. The van der Waals surface area contributed by atoms with Gasteiger partial charge in [0.05, 0.1) is 15.8 Å². The van der Waals surface area contributed by atoms with Crippen LogP contribution in [0.15, 0.2) is 102 Å². The van der Waals surface area contributed by atoms with Crippen molar-refractivity contribution >= 4 is 76.1 Å². The Bertz CT molecular complexity index is 1710. The Hall–Kier alpha value is -4.77. The predicted octanol–water partition coefficient (Wildman–Crippen LogP) is 6.54. The van der Waals surface area contributed by atoms with E-state index in [1.54, 1.807) is 72.8 Å². The summed E-state index contributed by atoms with van der Waals surface area (Å²) < 4.78 is 0. The Kier molecular flexibility index (Phi) is 10.4. The maximum absolute atomic E-state index is 13.3. The fourth-order valence-electron chi connectivity index (χ4n) is 3.69. The Morgan fingerprint density at radius 2 is 1.51 bits per heavy atom. The minimum Gasteiger partial charge on any atom is -0.507 e. The normalized spacial score (nSPS) is 11.0. The van der Waals surface area contributed by atoms with Crippen LogP contribution in [0.2, 0.25) is 10.0 Å². The highest BCUT2D eigenvalue weighted by atomic mass is 35.5. The van der Waals surface area contributed by atoms with Gasteiger partial charge in [0.2, 0.25) is 5.91 Å². The van der Waals surface area contributed by atoms with E-state index in [2.05, 4.69) is 16.0 Å². The van der Waals surface area contributed by atoms with Crippen LogP contribution in [0.5, 0.6) is 5.75 Å². The molecule has 0 aromatic heterocycles. The Balaban J connectivity index is 1.42. The fraction of sp³-hybridized carbons (Fsp3) is 0.0323. The van der Waals surface area contributed by atoms with Gasteiger partial charge in [-0.3, -0.25) is 14.4 Å². The topological polar surface area (TPSA) is 145 Å². The van der Waals surface area contributed by atoms with Crippen molar-refractivity contribution in [3.63, 3.8) is 0 Å². The van der Waals surface area contributed by atoms with Gasteiger partial charge in [-0.25, -0.2) is 4.79 Å². The molecule has 5 N–H and O–H groups in total. The number of benzene rings is 4. The van der Waals surface area contributed by atoms with Gasteiger partial charge < -0.3 is 26.2 Å². The molecule has 4 aromatic carbocycles. The maximum atomic E-state index is 13.3. The van der Waals surface area contributed by atoms with Crippen LogP contribution in [0, 0.1) is 0 Å². The van der Waals surface area contributed by atoms with Gasteiger partial charge in [0.1, 0.15) is 17.0 Å². The zero-order chi connectivity index (χ0) is 30.9. The molecule has 0 saturated heterocycles. The summed E-state index contributed by atoms with van der Waals surface area (Å²) in [7, 11) is 0. The van der Waals surface area contributed by atoms with Crippen LogP contribution in [0.4, 0.5) is 11.4 Å². The van der Waals surface area contributed by atoms with E-state index in [9.17, 15) is 24.3 Å². The molecule has 0 aliphatic carbocycles. The van der Waals surface area contributed by atoms with Crippen LogP contribution < -0.4 is 16.0 Å². The number of aromatic carboxylic acids is 1. The second-order valence-electron chi connectivity index (χ2n) is 8.87. The van der Waals surface area contributed by atoms with Gasteiger partial charge in [-0.05, 0) is 72.3 Å². The second-order valence-corrected chi connectivity index (χ2v) is 10.7. The third-order valence-electron chi connectivity index (χ3n) is 5.80. The summed E-state index contributed by atoms with van der Waals surface area (Å²) in [5, 5.41) is 27.2. The van der Waals surface area contributed by atoms with Crippen molar-refractivity contribution in [1.29, 1.82) is 0 Å². The molecule has 12 heteroatoms. The molecule has 0 unspecified atom stereocenters. The van der Waals surface area contributed by atoms with Gasteiger partial charge in [-0.2, -0.15) is 0 Å². The van der Waals surface area contributed by atoms with Crippen molar-refractivity contribution in [3.05, 3.63) is 123 Å². The smallest absolute Gasteiger partial charge is 0.339 e. The lowest BCUT2D eigenvalue weighted by Crippen LogP contribution is -2.30. The third kappa shape index (κ3) is 8.62. The van der Waals surface area contributed by atoms with E-state index in [0.717, 1.165) is 4.90 Å². The van der Waals surface area contributed by atoms with Gasteiger partial charge >= 0.3 is 5.97 Å². The molecule has 43 heavy (non-hydrogen) atoms. The number of carboxylic acid groups (broad SMARTS) is 1. The van der Waals surface area contributed by atoms with Gasteiger partial charge in [0, 0.05) is 21.8 Å². The van der Waals surface area contributed by atoms with Crippen molar-refractivity contribution in [3.8, 4) is 5.75 Å². The third-order valence-corrected chi connectivity index (χ3v) is 7.65. The number of carboxylic acids is 1. The molecule has 0 heterocycles. The first kappa shape index (κ1) is 31.2. The summed E-state index contributed by atoms with van der Waals surface area (Å²) >= 11 is 13.7. The number of carbonyl (C=O) groups is 4. The van der Waals surface area contributed by atoms with Crippen LogP contribution in [-0.4, -0.2) is 39.7 Å². The van der Waals surface area contributed by atoms with Crippen molar-refractivity contribution in [1.82, 2.24) is 5.32 Å². The number of amides is 3. The number of rotatable bonds is 10. The molecule has 218 valence electrons. The molecule has 3 amide bonds. The zero-order valence-corrected chi connectivity index (χ0v) is 24.5. The monoisotopic (exact) mass is 635 g/mol. The van der Waals surface area contributed by atoms with E-state index in [1.165, 1.54) is 36.0 Å². The molecule has 0 bridgehead atoms. The standard InChI is InChI=1S/C31H23Cl2N3O6S/c32-24-8-4-7-19(28(24)33)15-25(36-29(39)18-5-2-1-3-6-18)30(40)35-20-9-12-22(13-10-20)43-17-27(38)34-21-11-14-26(37)23(16-21)31(41)42/h1-16,37H,17H2,(H,34,38)(H,35,40)(H,36,39)(H,41,42)/b25-15-. The summed E-state index contributed by atoms with van der Waals surface area (Å²) in [6.45, 7) is 0. The van der Waals surface area contributed by atoms with Crippen molar-refractivity contribution in [2.45, 2.75) is 4.90 Å². The van der Waals surface area contributed by atoms with Gasteiger partial charge in [-0.15, -0.1) is 11.8 Å². The molecule has 4 aromatic rings. The molecule has 0 aliphatic heterocycles. The molecule has 0 atom stereocenters. The number of anilines is 2. The number of phenols is 1. The predicted molar refractivity (Wildman–Crippen MR) is 168 cm³/mol. The van der Waals surface area contributed by atoms with Crippen molar-refractivity contribution in [2.75, 3.05) is 16.4 Å². The molecule has 0 aliphatic rings. The summed E-state index contributed by atoms with van der Waals surface area (Å²) in [5.74, 6) is -3.17. The minimum atomic E-state index is -1.32. The van der Waals surface area contributed by atoms with E-state index in [-0.39, 0.29) is 33.6 Å². The highest BCUT2D eigenvalue weighted by molar-refractivity contribution is 8.00. The minimum absolute atomic E-state index is 0.0216. The Labute approximate surface area is 260 Å². The highest BCUT2D eigenvalue weighted by Gasteiger charge is 2.17.